The fourth-order valence-electron chi connectivity index (χ4n) is 2.10. The summed E-state index contributed by atoms with van der Waals surface area (Å²) in [6.45, 7) is 0. The number of amides is 1. The Morgan fingerprint density at radius 1 is 1.38 bits per heavy atom. The predicted octanol–water partition coefficient (Wildman–Crippen LogP) is 0.926. The van der Waals surface area contributed by atoms with E-state index in [1.165, 1.54) is 0 Å². The van der Waals surface area contributed by atoms with Crippen LogP contribution in [0.3, 0.4) is 0 Å². The van der Waals surface area contributed by atoms with Gasteiger partial charge in [-0.1, -0.05) is 12.1 Å². The van der Waals surface area contributed by atoms with Gasteiger partial charge in [-0.25, -0.2) is 0 Å². The minimum atomic E-state index is -0.364. The molecule has 2 N–H and O–H groups in total. The molecule has 16 heavy (non-hydrogen) atoms. The monoisotopic (exact) mass is 220 g/mol. The molecular weight excluding hydrogens is 204 g/mol. The van der Waals surface area contributed by atoms with Crippen molar-refractivity contribution in [1.29, 1.82) is 0 Å². The van der Waals surface area contributed by atoms with Crippen LogP contribution >= 0.6 is 0 Å². The van der Waals surface area contributed by atoms with E-state index in [1.807, 2.05) is 24.3 Å². The van der Waals surface area contributed by atoms with E-state index in [1.54, 1.807) is 19.1 Å². The Bertz CT molecular complexity index is 389. The van der Waals surface area contributed by atoms with Crippen LogP contribution in [0, 0.1) is 0 Å². The molecule has 4 nitrogen and oxygen atoms in total. The number of hydrogen-bond donors (Lipinski definition) is 1. The zero-order valence-corrected chi connectivity index (χ0v) is 9.51. The SMILES string of the molecule is COc1ccc([C@H]2C[C@@H](N)C(=O)N2C)cc1. The first kappa shape index (κ1) is 11.0. The zero-order chi connectivity index (χ0) is 11.7. The number of hydrogen-bond acceptors (Lipinski definition) is 3. The van der Waals surface area contributed by atoms with Crippen molar-refractivity contribution in [2.24, 2.45) is 5.73 Å². The summed E-state index contributed by atoms with van der Waals surface area (Å²) >= 11 is 0. The maximum Gasteiger partial charge on any atom is 0.239 e. The van der Waals surface area contributed by atoms with Crippen LogP contribution in [0.2, 0.25) is 0 Å². The summed E-state index contributed by atoms with van der Waals surface area (Å²) in [5.74, 6) is 0.834. The lowest BCUT2D eigenvalue weighted by Gasteiger charge is -2.19. The quantitative estimate of drug-likeness (QED) is 0.806. The van der Waals surface area contributed by atoms with Gasteiger partial charge in [0, 0.05) is 7.05 Å². The molecule has 0 bridgehead atoms. The summed E-state index contributed by atoms with van der Waals surface area (Å²) < 4.78 is 5.10. The maximum atomic E-state index is 11.6. The van der Waals surface area contributed by atoms with Crippen molar-refractivity contribution in [2.45, 2.75) is 18.5 Å². The van der Waals surface area contributed by atoms with Gasteiger partial charge in [0.05, 0.1) is 19.2 Å². The van der Waals surface area contributed by atoms with Crippen LogP contribution in [0.1, 0.15) is 18.0 Å². The summed E-state index contributed by atoms with van der Waals surface area (Å²) in [4.78, 5) is 13.3. The lowest BCUT2D eigenvalue weighted by Crippen LogP contribution is -2.31. The van der Waals surface area contributed by atoms with Gasteiger partial charge >= 0.3 is 0 Å². The molecular formula is C12H16N2O2. The number of carbonyl (C=O) groups is 1. The predicted molar refractivity (Wildman–Crippen MR) is 61.1 cm³/mol. The molecule has 2 atom stereocenters. The van der Waals surface area contributed by atoms with Gasteiger partial charge in [0.1, 0.15) is 5.75 Å². The molecule has 0 saturated carbocycles. The lowest BCUT2D eigenvalue weighted by molar-refractivity contribution is -0.128. The zero-order valence-electron chi connectivity index (χ0n) is 9.51. The van der Waals surface area contributed by atoms with Gasteiger partial charge in [0.25, 0.3) is 0 Å². The maximum absolute atomic E-state index is 11.6. The average molecular weight is 220 g/mol. The second-order valence-electron chi connectivity index (χ2n) is 4.08. The van der Waals surface area contributed by atoms with E-state index in [9.17, 15) is 4.79 Å². The number of benzene rings is 1. The van der Waals surface area contributed by atoms with Crippen LogP contribution in [0.25, 0.3) is 0 Å². The number of likely N-dealkylation sites (N-methyl/N-ethyl adjacent to an activating group) is 1. The molecule has 2 rings (SSSR count). The summed E-state index contributed by atoms with van der Waals surface area (Å²) in [5, 5.41) is 0. The van der Waals surface area contributed by atoms with E-state index in [-0.39, 0.29) is 18.0 Å². The highest BCUT2D eigenvalue weighted by molar-refractivity contribution is 5.84. The minimum Gasteiger partial charge on any atom is -0.497 e. The van der Waals surface area contributed by atoms with E-state index in [4.69, 9.17) is 10.5 Å². The Balaban J connectivity index is 2.21. The Kier molecular flexibility index (Phi) is 2.83. The smallest absolute Gasteiger partial charge is 0.239 e. The fourth-order valence-corrected chi connectivity index (χ4v) is 2.10. The van der Waals surface area contributed by atoms with Crippen molar-refractivity contribution < 1.29 is 9.53 Å². The van der Waals surface area contributed by atoms with E-state index in [2.05, 4.69) is 0 Å². The van der Waals surface area contributed by atoms with Gasteiger partial charge in [-0.2, -0.15) is 0 Å². The van der Waals surface area contributed by atoms with Gasteiger partial charge in [0.15, 0.2) is 0 Å². The molecule has 1 aromatic carbocycles. The standard InChI is InChI=1S/C12H16N2O2/c1-14-11(7-10(13)12(14)15)8-3-5-9(16-2)6-4-8/h3-6,10-11H,7,13H2,1-2H3/t10-,11-/m1/s1. The van der Waals surface area contributed by atoms with Crippen LogP contribution in [-0.4, -0.2) is 31.0 Å². The van der Waals surface area contributed by atoms with E-state index in [0.29, 0.717) is 6.42 Å². The van der Waals surface area contributed by atoms with Crippen molar-refractivity contribution in [2.75, 3.05) is 14.2 Å². The third kappa shape index (κ3) is 1.76. The topological polar surface area (TPSA) is 55.6 Å². The van der Waals surface area contributed by atoms with E-state index in [0.717, 1.165) is 11.3 Å². The fraction of sp³-hybridized carbons (Fsp3) is 0.417. The minimum absolute atomic E-state index is 0.0146. The third-order valence-corrected chi connectivity index (χ3v) is 3.11. The van der Waals surface area contributed by atoms with Crippen molar-refractivity contribution in [3.63, 3.8) is 0 Å². The molecule has 1 amide bonds. The number of ether oxygens (including phenoxy) is 1. The van der Waals surface area contributed by atoms with E-state index >= 15 is 0 Å². The highest BCUT2D eigenvalue weighted by atomic mass is 16.5. The summed E-state index contributed by atoms with van der Waals surface area (Å²) in [7, 11) is 3.43. The van der Waals surface area contributed by atoms with Crippen LogP contribution in [0.5, 0.6) is 5.75 Å². The largest absolute Gasteiger partial charge is 0.497 e. The Morgan fingerprint density at radius 2 is 2.00 bits per heavy atom. The molecule has 4 heteroatoms. The third-order valence-electron chi connectivity index (χ3n) is 3.11. The molecule has 1 saturated heterocycles. The number of methoxy groups -OCH3 is 1. The highest BCUT2D eigenvalue weighted by Crippen LogP contribution is 2.31. The Labute approximate surface area is 95.0 Å². The average Bonchev–Trinajstić information content (AvgIpc) is 2.57. The molecule has 0 aromatic heterocycles. The first-order chi connectivity index (χ1) is 7.63. The number of rotatable bonds is 2. The van der Waals surface area contributed by atoms with Crippen molar-refractivity contribution >= 4 is 5.91 Å². The Hall–Kier alpha value is -1.55. The van der Waals surface area contributed by atoms with Crippen molar-refractivity contribution in [1.82, 2.24) is 4.90 Å². The molecule has 1 aromatic rings. The number of likely N-dealkylation sites (tertiary alicyclic amines) is 1. The van der Waals surface area contributed by atoms with Crippen molar-refractivity contribution in [3.05, 3.63) is 29.8 Å². The lowest BCUT2D eigenvalue weighted by atomic mass is 10.0. The normalized spacial score (nSPS) is 24.9. The number of nitrogens with two attached hydrogens (primary N) is 1. The Morgan fingerprint density at radius 3 is 2.44 bits per heavy atom. The molecule has 86 valence electrons. The van der Waals surface area contributed by atoms with Gasteiger partial charge in [-0.15, -0.1) is 0 Å². The molecule has 1 aliphatic heterocycles. The van der Waals surface area contributed by atoms with Gasteiger partial charge in [-0.05, 0) is 24.1 Å². The second kappa shape index (κ2) is 4.14. The molecule has 0 unspecified atom stereocenters. The summed E-state index contributed by atoms with van der Waals surface area (Å²) in [6.07, 6.45) is 0.682. The van der Waals surface area contributed by atoms with Crippen molar-refractivity contribution in [3.8, 4) is 5.75 Å². The van der Waals surface area contributed by atoms with Gasteiger partial charge in [-0.3, -0.25) is 4.79 Å². The molecule has 0 aliphatic carbocycles. The van der Waals surface area contributed by atoms with E-state index < -0.39 is 0 Å². The molecule has 1 heterocycles. The van der Waals surface area contributed by atoms with Crippen LogP contribution in [0.15, 0.2) is 24.3 Å². The second-order valence-corrected chi connectivity index (χ2v) is 4.08. The first-order valence-electron chi connectivity index (χ1n) is 5.29. The number of carbonyl (C=O) groups excluding carboxylic acids is 1. The van der Waals surface area contributed by atoms with Gasteiger partial charge in [0.2, 0.25) is 5.91 Å². The van der Waals surface area contributed by atoms with Crippen LogP contribution in [-0.2, 0) is 4.79 Å². The number of nitrogens with zero attached hydrogens (tertiary/aromatic N) is 1. The van der Waals surface area contributed by atoms with Crippen LogP contribution in [0.4, 0.5) is 0 Å². The first-order valence-corrected chi connectivity index (χ1v) is 5.29. The van der Waals surface area contributed by atoms with Crippen LogP contribution < -0.4 is 10.5 Å². The molecule has 0 spiro atoms. The molecule has 1 aliphatic rings. The van der Waals surface area contributed by atoms with Gasteiger partial charge < -0.3 is 15.4 Å². The molecule has 1 fully saturated rings. The summed E-state index contributed by atoms with van der Waals surface area (Å²) in [6, 6.07) is 7.48. The molecule has 0 radical (unpaired) electrons. The summed E-state index contributed by atoms with van der Waals surface area (Å²) in [5.41, 5.74) is 6.84. The highest BCUT2D eigenvalue weighted by Gasteiger charge is 2.35.